The van der Waals surface area contributed by atoms with Gasteiger partial charge >= 0.3 is 16.3 Å². The molecule has 110 valence electrons. The number of carbonyl (C=O) groups is 1. The topological polar surface area (TPSA) is 81.7 Å². The fraction of sp³-hybridized carbons (Fsp3) is 0.462. The van der Waals surface area contributed by atoms with Crippen LogP contribution in [0.2, 0.25) is 0 Å². The van der Waals surface area contributed by atoms with Gasteiger partial charge in [-0.15, -0.1) is 0 Å². The minimum absolute atomic E-state index is 0.0957. The molecule has 0 bridgehead atoms. The lowest BCUT2D eigenvalue weighted by Crippen LogP contribution is -2.37. The third kappa shape index (κ3) is 3.78. The van der Waals surface area contributed by atoms with Crippen molar-refractivity contribution >= 4 is 16.3 Å². The first-order chi connectivity index (χ1) is 9.52. The molecule has 1 fully saturated rings. The first-order valence-electron chi connectivity index (χ1n) is 6.43. The molecule has 2 rings (SSSR count). The summed E-state index contributed by atoms with van der Waals surface area (Å²) in [6.45, 7) is 2.00. The van der Waals surface area contributed by atoms with E-state index in [1.165, 1.54) is 0 Å². The Morgan fingerprint density at radius 2 is 2.05 bits per heavy atom. The monoisotopic (exact) mass is 299 g/mol. The number of ether oxygens (including phenoxy) is 1. The van der Waals surface area contributed by atoms with Crippen molar-refractivity contribution in [1.82, 2.24) is 4.72 Å². The van der Waals surface area contributed by atoms with Gasteiger partial charge in [-0.25, -0.2) is 8.98 Å². The van der Waals surface area contributed by atoms with E-state index >= 15 is 0 Å². The maximum absolute atomic E-state index is 11.9. The largest absolute Gasteiger partial charge is 0.459 e. The molecule has 0 unspecified atom stereocenters. The summed E-state index contributed by atoms with van der Waals surface area (Å²) in [6, 6.07) is 8.61. The van der Waals surface area contributed by atoms with Crippen LogP contribution < -0.4 is 4.72 Å². The second-order valence-electron chi connectivity index (χ2n) is 4.58. The van der Waals surface area contributed by atoms with E-state index in [1.807, 2.05) is 37.3 Å². The average molecular weight is 299 g/mol. The van der Waals surface area contributed by atoms with Gasteiger partial charge in [-0.05, 0) is 12.0 Å². The maximum Gasteiger partial charge on any atom is 0.338 e. The number of benzene rings is 1. The molecule has 0 aliphatic carbocycles. The van der Waals surface area contributed by atoms with Gasteiger partial charge in [0.05, 0.1) is 6.04 Å². The maximum atomic E-state index is 11.9. The van der Waals surface area contributed by atoms with E-state index in [2.05, 4.69) is 4.72 Å². The summed E-state index contributed by atoms with van der Waals surface area (Å²) in [6.07, 6.45) is 0.146. The number of carbonyl (C=O) groups excluding carboxylic acids is 1. The first-order valence-corrected chi connectivity index (χ1v) is 7.84. The summed E-state index contributed by atoms with van der Waals surface area (Å²) >= 11 is 0. The molecule has 0 radical (unpaired) electrons. The summed E-state index contributed by atoms with van der Waals surface area (Å²) in [7, 11) is -3.85. The van der Waals surface area contributed by atoms with E-state index < -0.39 is 28.4 Å². The van der Waals surface area contributed by atoms with Crippen LogP contribution in [0.15, 0.2) is 30.3 Å². The van der Waals surface area contributed by atoms with Gasteiger partial charge < -0.3 is 4.74 Å². The minimum atomic E-state index is -3.85. The van der Waals surface area contributed by atoms with E-state index in [1.54, 1.807) is 0 Å². The summed E-state index contributed by atoms with van der Waals surface area (Å²) in [5.41, 5.74) is 0.835. The van der Waals surface area contributed by atoms with Gasteiger partial charge in [0, 0.05) is 0 Å². The zero-order valence-electron chi connectivity index (χ0n) is 11.1. The Morgan fingerprint density at radius 1 is 1.35 bits per heavy atom. The normalized spacial score (nSPS) is 24.4. The van der Waals surface area contributed by atoms with Crippen molar-refractivity contribution in [2.45, 2.75) is 38.5 Å². The van der Waals surface area contributed by atoms with Crippen LogP contribution in [0.5, 0.6) is 0 Å². The molecule has 1 heterocycles. The Balaban J connectivity index is 1.97. The molecule has 1 N–H and O–H groups in total. The number of esters is 1. The van der Waals surface area contributed by atoms with Gasteiger partial charge in [0.1, 0.15) is 6.61 Å². The fourth-order valence-electron chi connectivity index (χ4n) is 2.01. The van der Waals surface area contributed by atoms with Crippen molar-refractivity contribution in [3.8, 4) is 0 Å². The number of hydrogen-bond donors (Lipinski definition) is 1. The van der Waals surface area contributed by atoms with Crippen molar-refractivity contribution < 1.29 is 22.1 Å². The number of rotatable bonds is 5. The third-order valence-corrected chi connectivity index (χ3v) is 4.00. The van der Waals surface area contributed by atoms with Gasteiger partial charge in [0.2, 0.25) is 0 Å². The third-order valence-electron chi connectivity index (χ3n) is 2.95. The quantitative estimate of drug-likeness (QED) is 0.824. The molecule has 6 nitrogen and oxygen atoms in total. The number of hydrogen-bond acceptors (Lipinski definition) is 5. The van der Waals surface area contributed by atoms with E-state index in [0.29, 0.717) is 6.42 Å². The molecule has 2 atom stereocenters. The highest BCUT2D eigenvalue weighted by molar-refractivity contribution is 7.85. The predicted octanol–water partition coefficient (Wildman–Crippen LogP) is 1.13. The van der Waals surface area contributed by atoms with Gasteiger partial charge in [-0.3, -0.25) is 0 Å². The molecule has 0 aromatic heterocycles. The predicted molar refractivity (Wildman–Crippen MR) is 71.9 cm³/mol. The Labute approximate surface area is 118 Å². The van der Waals surface area contributed by atoms with Crippen molar-refractivity contribution in [3.05, 3.63) is 35.9 Å². The lowest BCUT2D eigenvalue weighted by atomic mass is 10.1. The summed E-state index contributed by atoms with van der Waals surface area (Å²) in [5, 5.41) is 0. The number of nitrogens with one attached hydrogen (secondary N) is 1. The highest BCUT2D eigenvalue weighted by Crippen LogP contribution is 2.19. The lowest BCUT2D eigenvalue weighted by molar-refractivity contribution is -0.153. The van der Waals surface area contributed by atoms with E-state index in [-0.39, 0.29) is 6.61 Å². The van der Waals surface area contributed by atoms with Crippen LogP contribution in [-0.2, 0) is 30.6 Å². The highest BCUT2D eigenvalue weighted by atomic mass is 32.2. The van der Waals surface area contributed by atoms with Crippen LogP contribution >= 0.6 is 0 Å². The Kier molecular flexibility index (Phi) is 4.74. The van der Waals surface area contributed by atoms with Crippen LogP contribution in [0, 0.1) is 0 Å². The first kappa shape index (κ1) is 15.0. The van der Waals surface area contributed by atoms with Crippen LogP contribution in [-0.4, -0.2) is 26.5 Å². The van der Waals surface area contributed by atoms with Gasteiger partial charge in [0.25, 0.3) is 0 Å². The van der Waals surface area contributed by atoms with Crippen molar-refractivity contribution in [2.24, 2.45) is 0 Å². The van der Waals surface area contributed by atoms with Crippen molar-refractivity contribution in [3.63, 3.8) is 0 Å². The molecule has 1 aliphatic rings. The Morgan fingerprint density at radius 3 is 2.70 bits per heavy atom. The summed E-state index contributed by atoms with van der Waals surface area (Å²) in [5.74, 6) is -0.666. The van der Waals surface area contributed by atoms with Gasteiger partial charge in [-0.2, -0.15) is 13.1 Å². The fourth-order valence-corrected chi connectivity index (χ4v) is 3.17. The second-order valence-corrected chi connectivity index (χ2v) is 5.91. The molecule has 1 aromatic carbocycles. The molecule has 7 heteroatoms. The zero-order valence-corrected chi connectivity index (χ0v) is 11.9. The van der Waals surface area contributed by atoms with Crippen molar-refractivity contribution in [2.75, 3.05) is 0 Å². The molecule has 0 spiro atoms. The second kappa shape index (κ2) is 6.34. The standard InChI is InChI=1S/C13H17NO5S/c1-2-6-11-12(19-20(16,17)14-11)13(15)18-9-10-7-4-3-5-8-10/h3-5,7-8,11-12,14H,2,6,9H2,1H3/t11-,12-/m0/s1. The van der Waals surface area contributed by atoms with Gasteiger partial charge in [0.15, 0.2) is 6.10 Å². The Bertz CT molecular complexity index is 557. The smallest absolute Gasteiger partial charge is 0.338 e. The average Bonchev–Trinajstić information content (AvgIpc) is 2.73. The van der Waals surface area contributed by atoms with Crippen LogP contribution in [0.25, 0.3) is 0 Å². The van der Waals surface area contributed by atoms with E-state index in [9.17, 15) is 13.2 Å². The van der Waals surface area contributed by atoms with E-state index in [4.69, 9.17) is 8.92 Å². The molecule has 0 saturated carbocycles. The summed E-state index contributed by atoms with van der Waals surface area (Å²) in [4.78, 5) is 11.9. The van der Waals surface area contributed by atoms with Crippen molar-refractivity contribution in [1.29, 1.82) is 0 Å². The minimum Gasteiger partial charge on any atom is -0.459 e. The SMILES string of the molecule is CCC[C@@H]1NS(=O)(=O)O[C@@H]1C(=O)OCc1ccccc1. The molecular weight excluding hydrogens is 282 g/mol. The van der Waals surface area contributed by atoms with Crippen LogP contribution in [0.3, 0.4) is 0 Å². The molecular formula is C13H17NO5S. The zero-order chi connectivity index (χ0) is 14.6. The molecule has 0 amide bonds. The van der Waals surface area contributed by atoms with Gasteiger partial charge in [-0.1, -0.05) is 43.7 Å². The Hall–Kier alpha value is -1.44. The lowest BCUT2D eigenvalue weighted by Gasteiger charge is -2.14. The van der Waals surface area contributed by atoms with Crippen LogP contribution in [0.1, 0.15) is 25.3 Å². The highest BCUT2D eigenvalue weighted by Gasteiger charge is 2.43. The molecule has 1 saturated heterocycles. The van der Waals surface area contributed by atoms with Crippen LogP contribution in [0.4, 0.5) is 0 Å². The summed E-state index contributed by atoms with van der Waals surface area (Å²) < 4.78 is 34.9. The molecule has 20 heavy (non-hydrogen) atoms. The van der Waals surface area contributed by atoms with E-state index in [0.717, 1.165) is 12.0 Å². The molecule has 1 aromatic rings. The molecule has 1 aliphatic heterocycles.